The van der Waals surface area contributed by atoms with Gasteiger partial charge in [-0.25, -0.2) is 9.59 Å². The van der Waals surface area contributed by atoms with Gasteiger partial charge in [-0.05, 0) is 117 Å². The zero-order valence-electron chi connectivity index (χ0n) is 30.1. The lowest BCUT2D eigenvalue weighted by atomic mass is 9.88. The quantitative estimate of drug-likeness (QED) is 0.343. The molecule has 4 aliphatic rings. The number of piperidine rings is 2. The number of hydrogen-bond acceptors (Lipinski definition) is 8. The molecule has 0 spiro atoms. The Morgan fingerprint density at radius 3 is 2.22 bits per heavy atom. The zero-order chi connectivity index (χ0) is 35.5. The summed E-state index contributed by atoms with van der Waals surface area (Å²) in [4.78, 5) is 69.1. The summed E-state index contributed by atoms with van der Waals surface area (Å²) in [6, 6.07) is 5.44. The van der Waals surface area contributed by atoms with Gasteiger partial charge >= 0.3 is 12.2 Å². The van der Waals surface area contributed by atoms with Crippen molar-refractivity contribution in [3.63, 3.8) is 0 Å². The largest absolute Gasteiger partial charge is 0.444 e. The van der Waals surface area contributed by atoms with Crippen molar-refractivity contribution in [2.45, 2.75) is 142 Å². The second-order valence-electron chi connectivity index (χ2n) is 16.1. The van der Waals surface area contributed by atoms with E-state index in [1.807, 2.05) is 58.6 Å². The van der Waals surface area contributed by atoms with E-state index in [0.717, 1.165) is 69.2 Å². The van der Waals surface area contributed by atoms with Crippen molar-refractivity contribution in [2.75, 3.05) is 24.5 Å². The van der Waals surface area contributed by atoms with E-state index in [1.54, 1.807) is 4.90 Å². The molecule has 2 saturated heterocycles. The van der Waals surface area contributed by atoms with Crippen molar-refractivity contribution in [3.05, 3.63) is 29.3 Å². The molecule has 1 aromatic carbocycles. The van der Waals surface area contributed by atoms with Crippen molar-refractivity contribution in [2.24, 2.45) is 5.92 Å². The minimum atomic E-state index is -0.667. The van der Waals surface area contributed by atoms with Crippen LogP contribution in [0.15, 0.2) is 18.2 Å². The van der Waals surface area contributed by atoms with Crippen molar-refractivity contribution in [1.82, 2.24) is 20.4 Å². The van der Waals surface area contributed by atoms with Crippen molar-refractivity contribution in [1.29, 1.82) is 0 Å². The van der Waals surface area contributed by atoms with Gasteiger partial charge in [0.25, 0.3) is 5.91 Å². The van der Waals surface area contributed by atoms with E-state index in [2.05, 4.69) is 21.6 Å². The molecule has 3 heterocycles. The topological polar surface area (TPSA) is 138 Å². The van der Waals surface area contributed by atoms with E-state index in [0.29, 0.717) is 37.5 Å². The molecular formula is C37H55N5O7. The lowest BCUT2D eigenvalue weighted by Crippen LogP contribution is -2.52. The molecule has 12 nitrogen and oxygen atoms in total. The highest BCUT2D eigenvalue weighted by molar-refractivity contribution is 6.06. The van der Waals surface area contributed by atoms with Gasteiger partial charge in [0.15, 0.2) is 0 Å². The van der Waals surface area contributed by atoms with Gasteiger partial charge < -0.3 is 29.5 Å². The van der Waals surface area contributed by atoms with E-state index >= 15 is 0 Å². The molecule has 270 valence electrons. The van der Waals surface area contributed by atoms with Crippen LogP contribution in [0.4, 0.5) is 15.3 Å². The lowest BCUT2D eigenvalue weighted by molar-refractivity contribution is -0.136. The minimum absolute atomic E-state index is 0.0363. The molecule has 1 saturated carbocycles. The highest BCUT2D eigenvalue weighted by Crippen LogP contribution is 2.38. The van der Waals surface area contributed by atoms with Gasteiger partial charge in [0.05, 0.1) is 0 Å². The SMILES string of the molecule is CC(C)(C)OC(=O)NC1CCC(N(CCCC2CCN(C(=O)OC(C)(C)C)CC2)c2cccc3c2CN(C2CCC(=O)NC2=O)C3=O)CC1. The van der Waals surface area contributed by atoms with E-state index in [-0.39, 0.29) is 36.4 Å². The Balaban J connectivity index is 1.27. The summed E-state index contributed by atoms with van der Waals surface area (Å²) >= 11 is 0. The van der Waals surface area contributed by atoms with Crippen LogP contribution in [0, 0.1) is 5.92 Å². The van der Waals surface area contributed by atoms with Gasteiger partial charge in [-0.1, -0.05) is 6.07 Å². The summed E-state index contributed by atoms with van der Waals surface area (Å²) in [5, 5.41) is 5.45. The molecular weight excluding hydrogens is 626 g/mol. The van der Waals surface area contributed by atoms with Crippen LogP contribution in [-0.4, -0.2) is 88.7 Å². The molecule has 3 fully saturated rings. The van der Waals surface area contributed by atoms with Gasteiger partial charge in [-0.3, -0.25) is 19.7 Å². The van der Waals surface area contributed by atoms with Crippen LogP contribution >= 0.6 is 0 Å². The Labute approximate surface area is 290 Å². The number of nitrogens with one attached hydrogen (secondary N) is 2. The summed E-state index contributed by atoms with van der Waals surface area (Å²) in [5.41, 5.74) is 1.49. The van der Waals surface area contributed by atoms with E-state index in [1.165, 1.54) is 0 Å². The van der Waals surface area contributed by atoms with Gasteiger partial charge in [0, 0.05) is 61.5 Å². The van der Waals surface area contributed by atoms with Crippen LogP contribution in [0.25, 0.3) is 0 Å². The molecule has 1 unspecified atom stereocenters. The molecule has 1 atom stereocenters. The summed E-state index contributed by atoms with van der Waals surface area (Å²) in [7, 11) is 0. The number of alkyl carbamates (subject to hydrolysis) is 1. The predicted octanol–water partition coefficient (Wildman–Crippen LogP) is 5.52. The number of likely N-dealkylation sites (tertiary alicyclic amines) is 1. The number of hydrogen-bond donors (Lipinski definition) is 2. The van der Waals surface area contributed by atoms with Crippen LogP contribution in [0.1, 0.15) is 122 Å². The highest BCUT2D eigenvalue weighted by Gasteiger charge is 2.41. The molecule has 12 heteroatoms. The molecule has 1 aliphatic carbocycles. The molecule has 0 aromatic heterocycles. The summed E-state index contributed by atoms with van der Waals surface area (Å²) in [5.74, 6) is -0.373. The first-order chi connectivity index (χ1) is 23.1. The fraction of sp³-hybridized carbons (Fsp3) is 0.703. The van der Waals surface area contributed by atoms with Gasteiger partial charge in [-0.15, -0.1) is 0 Å². The normalized spacial score (nSPS) is 23.6. The van der Waals surface area contributed by atoms with Crippen molar-refractivity contribution >= 4 is 35.6 Å². The third kappa shape index (κ3) is 9.45. The number of nitrogens with zero attached hydrogens (tertiary/aromatic N) is 3. The number of rotatable bonds is 8. The Bertz CT molecular complexity index is 1400. The fourth-order valence-corrected chi connectivity index (χ4v) is 7.63. The van der Waals surface area contributed by atoms with Crippen LogP contribution in [0.2, 0.25) is 0 Å². The first-order valence-corrected chi connectivity index (χ1v) is 18.1. The van der Waals surface area contributed by atoms with Gasteiger partial charge in [-0.2, -0.15) is 0 Å². The number of anilines is 1. The van der Waals surface area contributed by atoms with Crippen LogP contribution in [0.3, 0.4) is 0 Å². The summed E-state index contributed by atoms with van der Waals surface area (Å²) in [6.07, 6.45) is 7.18. The average Bonchev–Trinajstić information content (AvgIpc) is 3.34. The Morgan fingerprint density at radius 2 is 1.59 bits per heavy atom. The number of benzene rings is 1. The third-order valence-corrected chi connectivity index (χ3v) is 10.0. The Hall–Kier alpha value is -3.83. The minimum Gasteiger partial charge on any atom is -0.444 e. The molecule has 49 heavy (non-hydrogen) atoms. The molecule has 2 N–H and O–H groups in total. The second kappa shape index (κ2) is 15.0. The van der Waals surface area contributed by atoms with Crippen molar-refractivity contribution in [3.8, 4) is 0 Å². The maximum atomic E-state index is 13.6. The second-order valence-corrected chi connectivity index (χ2v) is 16.1. The number of amides is 5. The first kappa shape index (κ1) is 36.5. The highest BCUT2D eigenvalue weighted by atomic mass is 16.6. The van der Waals surface area contributed by atoms with Crippen LogP contribution in [-0.2, 0) is 25.6 Å². The molecule has 3 aliphatic heterocycles. The average molecular weight is 682 g/mol. The van der Waals surface area contributed by atoms with Gasteiger partial charge in [0.1, 0.15) is 17.2 Å². The lowest BCUT2D eigenvalue weighted by Gasteiger charge is -2.40. The summed E-state index contributed by atoms with van der Waals surface area (Å²) in [6.45, 7) is 13.8. The first-order valence-electron chi connectivity index (χ1n) is 18.1. The molecule has 1 aromatic rings. The molecule has 0 radical (unpaired) electrons. The van der Waals surface area contributed by atoms with E-state index in [4.69, 9.17) is 9.47 Å². The molecule has 0 bridgehead atoms. The maximum Gasteiger partial charge on any atom is 0.410 e. The van der Waals surface area contributed by atoms with Crippen LogP contribution < -0.4 is 15.5 Å². The number of carbonyl (C=O) groups excluding carboxylic acids is 5. The number of imide groups is 1. The number of carbonyl (C=O) groups is 5. The van der Waals surface area contributed by atoms with Crippen molar-refractivity contribution < 1.29 is 33.4 Å². The maximum absolute atomic E-state index is 13.6. The molecule has 5 rings (SSSR count). The number of fused-ring (bicyclic) bond motifs is 1. The monoisotopic (exact) mass is 681 g/mol. The molecule has 5 amide bonds. The Morgan fingerprint density at radius 1 is 0.918 bits per heavy atom. The third-order valence-electron chi connectivity index (χ3n) is 10.0. The van der Waals surface area contributed by atoms with Crippen LogP contribution in [0.5, 0.6) is 0 Å². The number of ether oxygens (including phenoxy) is 2. The van der Waals surface area contributed by atoms with Gasteiger partial charge in [0.2, 0.25) is 11.8 Å². The zero-order valence-corrected chi connectivity index (χ0v) is 30.1. The van der Waals surface area contributed by atoms with E-state index in [9.17, 15) is 24.0 Å². The smallest absolute Gasteiger partial charge is 0.410 e. The summed E-state index contributed by atoms with van der Waals surface area (Å²) < 4.78 is 11.1. The predicted molar refractivity (Wildman–Crippen MR) is 185 cm³/mol. The Kier molecular flexibility index (Phi) is 11.1. The standard InChI is InChI=1S/C37H55N5O7/c1-36(2,3)48-34(46)38-25-12-14-26(15-13-25)41(20-8-9-24-18-21-40(22-19-24)35(47)49-37(4,5)6)29-11-7-10-27-28(29)23-42(33(27)45)30-16-17-31(43)39-32(30)44/h7,10-11,24-26,30H,8-9,12-23H2,1-6H3,(H,38,46)(H,39,43,44). The van der Waals surface area contributed by atoms with E-state index < -0.39 is 29.2 Å². The fourth-order valence-electron chi connectivity index (χ4n) is 7.63.